The van der Waals surface area contributed by atoms with Gasteiger partial charge in [0.25, 0.3) is 0 Å². The van der Waals surface area contributed by atoms with Gasteiger partial charge >= 0.3 is 12.5 Å². The highest BCUT2D eigenvalue weighted by atomic mass is 35.5. The topological polar surface area (TPSA) is 33.7 Å². The molecule has 0 aromatic heterocycles. The van der Waals surface area contributed by atoms with Crippen molar-refractivity contribution in [3.05, 3.63) is 59.2 Å². The molecule has 2 aromatic rings. The van der Waals surface area contributed by atoms with Crippen molar-refractivity contribution in [2.45, 2.75) is 18.6 Å². The van der Waals surface area contributed by atoms with E-state index in [9.17, 15) is 26.3 Å². The van der Waals surface area contributed by atoms with E-state index in [2.05, 4.69) is 10.1 Å². The van der Waals surface area contributed by atoms with Gasteiger partial charge in [0.1, 0.15) is 11.5 Å². The van der Waals surface area contributed by atoms with Crippen molar-refractivity contribution >= 4 is 24.8 Å². The number of nitrogens with zero attached hydrogens (tertiary/aromatic N) is 1. The molecule has 180 valence electrons. The van der Waals surface area contributed by atoms with E-state index >= 15 is 0 Å². The average molecular weight is 507 g/mol. The van der Waals surface area contributed by atoms with Crippen LogP contribution in [0, 0.1) is 0 Å². The van der Waals surface area contributed by atoms with Crippen LogP contribution in [0.2, 0.25) is 0 Å². The van der Waals surface area contributed by atoms with Gasteiger partial charge in [-0.2, -0.15) is 13.2 Å². The van der Waals surface area contributed by atoms with Crippen molar-refractivity contribution in [3.8, 4) is 11.5 Å². The minimum Gasteiger partial charge on any atom is -0.496 e. The van der Waals surface area contributed by atoms with Gasteiger partial charge in [0, 0.05) is 31.7 Å². The van der Waals surface area contributed by atoms with Crippen LogP contribution in [0.3, 0.4) is 0 Å². The fourth-order valence-corrected chi connectivity index (χ4v) is 3.49. The molecular formula is C20H22Cl2F6N2O2. The Bertz CT molecular complexity index is 857. The highest BCUT2D eigenvalue weighted by molar-refractivity contribution is 5.85. The molecule has 32 heavy (non-hydrogen) atoms. The van der Waals surface area contributed by atoms with Crippen molar-refractivity contribution in [1.29, 1.82) is 0 Å². The first-order valence-electron chi connectivity index (χ1n) is 9.14. The second-order valence-corrected chi connectivity index (χ2v) is 6.76. The van der Waals surface area contributed by atoms with Crippen molar-refractivity contribution in [3.63, 3.8) is 0 Å². The van der Waals surface area contributed by atoms with E-state index in [4.69, 9.17) is 4.74 Å². The summed E-state index contributed by atoms with van der Waals surface area (Å²) >= 11 is 0. The number of methoxy groups -OCH3 is 1. The molecule has 0 radical (unpaired) electrons. The van der Waals surface area contributed by atoms with E-state index < -0.39 is 24.1 Å². The van der Waals surface area contributed by atoms with Crippen molar-refractivity contribution in [2.24, 2.45) is 0 Å². The normalized spacial score (nSPS) is 15.8. The number of hydrogen-bond donors (Lipinski definition) is 1. The van der Waals surface area contributed by atoms with E-state index in [1.54, 1.807) is 0 Å². The maximum absolute atomic E-state index is 13.1. The molecule has 1 aliphatic heterocycles. The van der Waals surface area contributed by atoms with E-state index in [1.807, 2.05) is 4.90 Å². The van der Waals surface area contributed by atoms with Gasteiger partial charge in [-0.15, -0.1) is 38.0 Å². The second-order valence-electron chi connectivity index (χ2n) is 6.76. The Labute approximate surface area is 193 Å². The van der Waals surface area contributed by atoms with E-state index in [-0.39, 0.29) is 36.3 Å². The van der Waals surface area contributed by atoms with Gasteiger partial charge in [-0.05, 0) is 29.8 Å². The Kier molecular flexibility index (Phi) is 9.95. The van der Waals surface area contributed by atoms with E-state index in [0.717, 1.165) is 12.1 Å². The van der Waals surface area contributed by atoms with Gasteiger partial charge in [0.05, 0.1) is 18.7 Å². The Morgan fingerprint density at radius 2 is 1.50 bits per heavy atom. The van der Waals surface area contributed by atoms with Crippen LogP contribution in [0.1, 0.15) is 22.7 Å². The molecule has 1 atom stereocenters. The lowest BCUT2D eigenvalue weighted by Crippen LogP contribution is -2.45. The molecule has 0 saturated carbocycles. The molecule has 12 heteroatoms. The highest BCUT2D eigenvalue weighted by Crippen LogP contribution is 2.39. The first-order chi connectivity index (χ1) is 14.1. The summed E-state index contributed by atoms with van der Waals surface area (Å²) in [4.78, 5) is 2.04. The predicted molar refractivity (Wildman–Crippen MR) is 112 cm³/mol. The summed E-state index contributed by atoms with van der Waals surface area (Å²) < 4.78 is 85.8. The lowest BCUT2D eigenvalue weighted by atomic mass is 9.94. The number of rotatable bonds is 5. The molecule has 0 bridgehead atoms. The molecule has 0 amide bonds. The Hall–Kier alpha value is -1.88. The molecule has 0 unspecified atom stereocenters. The van der Waals surface area contributed by atoms with Gasteiger partial charge in [0.2, 0.25) is 0 Å². The summed E-state index contributed by atoms with van der Waals surface area (Å²) in [6.45, 7) is 2.56. The number of piperazine rings is 1. The third-order valence-electron chi connectivity index (χ3n) is 4.80. The first-order valence-corrected chi connectivity index (χ1v) is 9.14. The molecule has 0 aliphatic carbocycles. The van der Waals surface area contributed by atoms with E-state index in [1.165, 1.54) is 37.4 Å². The van der Waals surface area contributed by atoms with Gasteiger partial charge in [0.15, 0.2) is 0 Å². The Morgan fingerprint density at radius 1 is 0.906 bits per heavy atom. The van der Waals surface area contributed by atoms with Crippen molar-refractivity contribution in [1.82, 2.24) is 10.2 Å². The molecular weight excluding hydrogens is 485 g/mol. The van der Waals surface area contributed by atoms with Gasteiger partial charge in [-0.25, -0.2) is 0 Å². The largest absolute Gasteiger partial charge is 0.573 e. The molecule has 4 nitrogen and oxygen atoms in total. The molecule has 1 N–H and O–H groups in total. The van der Waals surface area contributed by atoms with Crippen LogP contribution in [-0.2, 0) is 6.18 Å². The number of hydrogen-bond acceptors (Lipinski definition) is 4. The Balaban J connectivity index is 0.00000256. The van der Waals surface area contributed by atoms with Gasteiger partial charge in [-0.1, -0.05) is 18.2 Å². The predicted octanol–water partition coefficient (Wildman–Crippen LogP) is 5.45. The van der Waals surface area contributed by atoms with Crippen LogP contribution >= 0.6 is 24.8 Å². The summed E-state index contributed by atoms with van der Waals surface area (Å²) in [5.74, 6) is -0.311. The van der Waals surface area contributed by atoms with Crippen molar-refractivity contribution < 1.29 is 35.8 Å². The molecule has 0 spiro atoms. The summed E-state index contributed by atoms with van der Waals surface area (Å²) in [7, 11) is 1.29. The fourth-order valence-electron chi connectivity index (χ4n) is 3.49. The quantitative estimate of drug-likeness (QED) is 0.546. The van der Waals surface area contributed by atoms with Crippen LogP contribution in [0.5, 0.6) is 11.5 Å². The van der Waals surface area contributed by atoms with Gasteiger partial charge in [-0.3, -0.25) is 4.90 Å². The van der Waals surface area contributed by atoms with Crippen LogP contribution in [0.15, 0.2) is 42.5 Å². The maximum Gasteiger partial charge on any atom is 0.573 e. The number of nitrogens with one attached hydrogen (secondary N) is 1. The maximum atomic E-state index is 13.1. The zero-order valence-corrected chi connectivity index (χ0v) is 18.4. The summed E-state index contributed by atoms with van der Waals surface area (Å²) in [6, 6.07) is 8.11. The van der Waals surface area contributed by atoms with Gasteiger partial charge < -0.3 is 14.8 Å². The molecule has 3 rings (SSSR count). The number of benzene rings is 2. The average Bonchev–Trinajstić information content (AvgIpc) is 2.68. The minimum atomic E-state index is -4.81. The first kappa shape index (κ1) is 28.2. The molecule has 1 fully saturated rings. The molecule has 1 saturated heterocycles. The fraction of sp³-hybridized carbons (Fsp3) is 0.400. The summed E-state index contributed by atoms with van der Waals surface area (Å²) in [5.41, 5.74) is 0.275. The number of alkyl halides is 6. The summed E-state index contributed by atoms with van der Waals surface area (Å²) in [6.07, 6.45) is -9.33. The zero-order chi connectivity index (χ0) is 21.9. The number of halogens is 8. The van der Waals surface area contributed by atoms with Crippen LogP contribution < -0.4 is 14.8 Å². The van der Waals surface area contributed by atoms with Crippen LogP contribution in [-0.4, -0.2) is 44.6 Å². The zero-order valence-electron chi connectivity index (χ0n) is 16.8. The minimum absolute atomic E-state index is 0. The lowest BCUT2D eigenvalue weighted by Gasteiger charge is -2.36. The SMILES string of the molecule is COc1cc(C(F)(F)F)ccc1[C@@H](c1ccc(OC(F)(F)F)cc1)N1CCNCC1.Cl.Cl. The molecule has 1 aliphatic rings. The highest BCUT2D eigenvalue weighted by Gasteiger charge is 2.34. The monoisotopic (exact) mass is 506 g/mol. The van der Waals surface area contributed by atoms with Crippen LogP contribution in [0.4, 0.5) is 26.3 Å². The molecule has 2 aromatic carbocycles. The Morgan fingerprint density at radius 3 is 2.00 bits per heavy atom. The van der Waals surface area contributed by atoms with Crippen LogP contribution in [0.25, 0.3) is 0 Å². The number of ether oxygens (including phenoxy) is 2. The standard InChI is InChI=1S/C20H20F6N2O2.2ClH/c1-29-17-12-14(19(21,22)23)4-7-16(17)18(28-10-8-27-9-11-28)13-2-5-15(6-3-13)30-20(24,25)26;;/h2-7,12,18,27H,8-11H2,1H3;2*1H/t18-;;/m1../s1. The third kappa shape index (κ3) is 7.06. The molecule has 1 heterocycles. The van der Waals surface area contributed by atoms with E-state index in [0.29, 0.717) is 37.3 Å². The third-order valence-corrected chi connectivity index (χ3v) is 4.80. The smallest absolute Gasteiger partial charge is 0.496 e. The lowest BCUT2D eigenvalue weighted by molar-refractivity contribution is -0.274. The van der Waals surface area contributed by atoms with Crippen molar-refractivity contribution in [2.75, 3.05) is 33.3 Å². The second kappa shape index (κ2) is 11.3. The summed E-state index contributed by atoms with van der Waals surface area (Å²) in [5, 5.41) is 3.20.